The zero-order valence-corrected chi connectivity index (χ0v) is 21.1. The number of urea groups is 1. The zero-order valence-electron chi connectivity index (χ0n) is 20.3. The number of carboxylic acid groups (broad SMARTS) is 1. The molecule has 1 aliphatic rings. The topological polar surface area (TPSA) is 191 Å². The molecule has 1 saturated heterocycles. The normalized spacial score (nSPS) is 16.5. The molecular weight excluding hydrogens is 504 g/mol. The molecule has 3 rings (SSSR count). The molecule has 14 heteroatoms. The molecule has 1 aromatic heterocycles. The van der Waals surface area contributed by atoms with Crippen LogP contribution in [0.5, 0.6) is 0 Å². The van der Waals surface area contributed by atoms with Gasteiger partial charge in [0.2, 0.25) is 11.8 Å². The van der Waals surface area contributed by atoms with Gasteiger partial charge in [0.1, 0.15) is 12.1 Å². The minimum absolute atomic E-state index is 0.0188. The monoisotopic (exact) mass is 534 g/mol. The molecule has 2 heterocycles. The quantitative estimate of drug-likeness (QED) is 0.287. The van der Waals surface area contributed by atoms with Crippen molar-refractivity contribution >= 4 is 33.8 Å². The third-order valence-corrected chi connectivity index (χ3v) is 7.42. The van der Waals surface area contributed by atoms with E-state index in [0.717, 1.165) is 0 Å². The van der Waals surface area contributed by atoms with Gasteiger partial charge in [0.15, 0.2) is 0 Å². The lowest BCUT2D eigenvalue weighted by molar-refractivity contribution is -0.141. The molecule has 1 fully saturated rings. The summed E-state index contributed by atoms with van der Waals surface area (Å²) in [5.74, 6) is -2.31. The number of nitrogens with zero attached hydrogens (tertiary/aromatic N) is 2. The molecule has 1 aromatic carbocycles. The van der Waals surface area contributed by atoms with Crippen LogP contribution in [-0.2, 0) is 30.8 Å². The maximum atomic E-state index is 12.8. The number of carbonyl (C=O) groups excluding carboxylic acids is 3. The summed E-state index contributed by atoms with van der Waals surface area (Å²) in [6, 6.07) is 3.26. The van der Waals surface area contributed by atoms with Gasteiger partial charge in [0, 0.05) is 37.8 Å². The number of aryl methyl sites for hydroxylation is 1. The summed E-state index contributed by atoms with van der Waals surface area (Å²) < 4.78 is 27.5. The fourth-order valence-electron chi connectivity index (χ4n) is 4.03. The number of likely N-dealkylation sites (tertiary alicyclic amines) is 1. The lowest BCUT2D eigenvalue weighted by atomic mass is 10.0. The second kappa shape index (κ2) is 12.3. The number of carbonyl (C=O) groups is 4. The van der Waals surface area contributed by atoms with Crippen molar-refractivity contribution in [3.8, 4) is 0 Å². The van der Waals surface area contributed by atoms with Crippen LogP contribution < -0.4 is 15.4 Å². The van der Waals surface area contributed by atoms with Crippen molar-refractivity contribution in [2.24, 2.45) is 0 Å². The van der Waals surface area contributed by atoms with Crippen molar-refractivity contribution in [1.82, 2.24) is 30.2 Å². The number of aliphatic carboxylic acids is 1. The van der Waals surface area contributed by atoms with Crippen molar-refractivity contribution in [3.63, 3.8) is 0 Å². The van der Waals surface area contributed by atoms with Gasteiger partial charge < -0.3 is 25.6 Å². The Kier molecular flexibility index (Phi) is 9.22. The van der Waals surface area contributed by atoms with E-state index in [-0.39, 0.29) is 30.8 Å². The first-order valence-electron chi connectivity index (χ1n) is 11.7. The first-order chi connectivity index (χ1) is 17.6. The summed E-state index contributed by atoms with van der Waals surface area (Å²) in [4.78, 5) is 57.1. The Hall–Kier alpha value is -3.94. The van der Waals surface area contributed by atoms with Gasteiger partial charge in [-0.05, 0) is 37.8 Å². The van der Waals surface area contributed by atoms with Crippen LogP contribution in [0.3, 0.4) is 0 Å². The number of hydrogen-bond donors (Lipinski definition) is 5. The van der Waals surface area contributed by atoms with Gasteiger partial charge in [-0.1, -0.05) is 18.2 Å². The van der Waals surface area contributed by atoms with E-state index >= 15 is 0 Å². The number of carboxylic acids is 1. The van der Waals surface area contributed by atoms with Gasteiger partial charge in [-0.2, -0.15) is 0 Å². The van der Waals surface area contributed by atoms with Crippen LogP contribution in [0, 0.1) is 6.92 Å². The number of nitrogens with one attached hydrogen (secondary N) is 4. The molecule has 37 heavy (non-hydrogen) atoms. The molecule has 2 aromatic rings. The predicted octanol–water partition coefficient (Wildman–Crippen LogP) is 0.289. The summed E-state index contributed by atoms with van der Waals surface area (Å²) >= 11 is 0. The number of rotatable bonds is 10. The van der Waals surface area contributed by atoms with E-state index < -0.39 is 45.9 Å². The molecular formula is C23H30N6O7S. The number of imidazole rings is 1. The summed E-state index contributed by atoms with van der Waals surface area (Å²) in [6.07, 6.45) is 4.31. The van der Waals surface area contributed by atoms with E-state index in [4.69, 9.17) is 0 Å². The van der Waals surface area contributed by atoms with E-state index in [2.05, 4.69) is 20.6 Å². The first-order valence-corrected chi connectivity index (χ1v) is 13.2. The molecule has 0 bridgehead atoms. The molecule has 13 nitrogen and oxygen atoms in total. The van der Waals surface area contributed by atoms with Crippen molar-refractivity contribution in [2.75, 3.05) is 13.1 Å². The standard InChI is InChI=1S/C23H30N6O7S/c1-15-6-2-3-8-19(15)37(35,36)28-23(34)29-11-5-4-7-18(29)21(31)25-10-9-20(30)27-17(22(32)33)12-16-13-24-14-26-16/h2-3,6,8,13-14,17-18H,4-5,7,9-12H2,1H3,(H,24,26)(H,25,31)(H,27,30)(H,28,34)(H,32,33)/t17?,18-/m1/s1. The highest BCUT2D eigenvalue weighted by atomic mass is 32.2. The number of hydrogen-bond acceptors (Lipinski definition) is 7. The molecule has 0 aliphatic carbocycles. The Morgan fingerprint density at radius 3 is 2.65 bits per heavy atom. The summed E-state index contributed by atoms with van der Waals surface area (Å²) in [7, 11) is -4.13. The number of H-pyrrole nitrogens is 1. The maximum absolute atomic E-state index is 12.8. The lowest BCUT2D eigenvalue weighted by Crippen LogP contribution is -2.55. The van der Waals surface area contributed by atoms with Crippen LogP contribution in [0.2, 0.25) is 0 Å². The van der Waals surface area contributed by atoms with Crippen LogP contribution in [-0.4, -0.2) is 77.4 Å². The van der Waals surface area contributed by atoms with Crippen LogP contribution in [0.1, 0.15) is 36.9 Å². The van der Waals surface area contributed by atoms with Gasteiger partial charge in [-0.3, -0.25) is 9.59 Å². The van der Waals surface area contributed by atoms with Crippen LogP contribution in [0.25, 0.3) is 0 Å². The van der Waals surface area contributed by atoms with Crippen LogP contribution in [0.15, 0.2) is 41.7 Å². The minimum Gasteiger partial charge on any atom is -0.480 e. The zero-order chi connectivity index (χ0) is 27.0. The highest BCUT2D eigenvalue weighted by Gasteiger charge is 2.34. The van der Waals surface area contributed by atoms with E-state index in [9.17, 15) is 32.7 Å². The fourth-order valence-corrected chi connectivity index (χ4v) is 5.24. The largest absolute Gasteiger partial charge is 0.480 e. The third kappa shape index (κ3) is 7.52. The van der Waals surface area contributed by atoms with Crippen molar-refractivity contribution in [3.05, 3.63) is 48.0 Å². The van der Waals surface area contributed by atoms with E-state index in [0.29, 0.717) is 30.5 Å². The van der Waals surface area contributed by atoms with Gasteiger partial charge in [-0.15, -0.1) is 0 Å². The Morgan fingerprint density at radius 1 is 1.22 bits per heavy atom. The second-order valence-corrected chi connectivity index (χ2v) is 10.3. The summed E-state index contributed by atoms with van der Waals surface area (Å²) in [5, 5.41) is 14.3. The number of piperidine rings is 1. The number of sulfonamides is 1. The minimum atomic E-state index is -4.13. The average Bonchev–Trinajstić information content (AvgIpc) is 3.36. The SMILES string of the molecule is Cc1ccccc1S(=O)(=O)NC(=O)N1CCCC[C@@H]1C(=O)NCCC(=O)NC(Cc1cnc[nH]1)C(=O)O. The molecule has 1 aliphatic heterocycles. The maximum Gasteiger partial charge on any atom is 0.331 e. The van der Waals surface area contributed by atoms with Crippen molar-refractivity contribution < 1.29 is 32.7 Å². The highest BCUT2D eigenvalue weighted by molar-refractivity contribution is 7.90. The molecule has 5 N–H and O–H groups in total. The van der Waals surface area contributed by atoms with Gasteiger partial charge in [0.25, 0.3) is 10.0 Å². The molecule has 0 spiro atoms. The van der Waals surface area contributed by atoms with Gasteiger partial charge in [-0.25, -0.2) is 27.7 Å². The van der Waals surface area contributed by atoms with Gasteiger partial charge >= 0.3 is 12.0 Å². The molecule has 2 atom stereocenters. The van der Waals surface area contributed by atoms with Crippen LogP contribution in [0.4, 0.5) is 4.79 Å². The molecule has 200 valence electrons. The smallest absolute Gasteiger partial charge is 0.331 e. The fraction of sp³-hybridized carbons (Fsp3) is 0.435. The van der Waals surface area contributed by atoms with E-state index in [1.807, 2.05) is 4.72 Å². The van der Waals surface area contributed by atoms with Gasteiger partial charge in [0.05, 0.1) is 11.2 Å². The first kappa shape index (κ1) is 27.6. The second-order valence-electron chi connectivity index (χ2n) is 8.66. The highest BCUT2D eigenvalue weighted by Crippen LogP contribution is 2.19. The number of amides is 4. The molecule has 0 radical (unpaired) electrons. The van der Waals surface area contributed by atoms with E-state index in [1.165, 1.54) is 23.5 Å². The van der Waals surface area contributed by atoms with Crippen molar-refractivity contribution in [1.29, 1.82) is 0 Å². The number of aromatic amines is 1. The Labute approximate surface area is 214 Å². The van der Waals surface area contributed by atoms with Crippen LogP contribution >= 0.6 is 0 Å². The number of benzene rings is 1. The van der Waals surface area contributed by atoms with Crippen molar-refractivity contribution in [2.45, 2.75) is 56.0 Å². The van der Waals surface area contributed by atoms with E-state index in [1.54, 1.807) is 25.1 Å². The molecule has 0 saturated carbocycles. The molecule has 4 amide bonds. The predicted molar refractivity (Wildman–Crippen MR) is 131 cm³/mol. The Balaban J connectivity index is 1.53. The Morgan fingerprint density at radius 2 is 1.97 bits per heavy atom. The summed E-state index contributed by atoms with van der Waals surface area (Å²) in [5.41, 5.74) is 1.02. The average molecular weight is 535 g/mol. The summed E-state index contributed by atoms with van der Waals surface area (Å²) in [6.45, 7) is 1.72. The number of aromatic nitrogens is 2. The molecule has 1 unspecified atom stereocenters. The third-order valence-electron chi connectivity index (χ3n) is 5.93. The lowest BCUT2D eigenvalue weighted by Gasteiger charge is -2.34. The Bertz CT molecular complexity index is 1230.